The summed E-state index contributed by atoms with van der Waals surface area (Å²) in [5, 5.41) is 5.03. The molecule has 0 spiro atoms. The van der Waals surface area contributed by atoms with Gasteiger partial charge in [0.25, 0.3) is 0 Å². The molecular formula is C20H26N2O2S. The van der Waals surface area contributed by atoms with Crippen LogP contribution in [0.5, 0.6) is 5.75 Å². The number of amides is 1. The quantitative estimate of drug-likeness (QED) is 0.807. The minimum atomic E-state index is 0.0699. The average molecular weight is 359 g/mol. The molecule has 2 aromatic rings. The number of aryl methyl sites for hydroxylation is 1. The third kappa shape index (κ3) is 5.87. The Labute approximate surface area is 153 Å². The van der Waals surface area contributed by atoms with Crippen molar-refractivity contribution in [2.75, 3.05) is 25.5 Å². The lowest BCUT2D eigenvalue weighted by Crippen LogP contribution is -2.35. The molecule has 2 heterocycles. The zero-order chi connectivity index (χ0) is 17.5. The highest BCUT2D eigenvalue weighted by molar-refractivity contribution is 7.09. The molecule has 4 nitrogen and oxygen atoms in total. The van der Waals surface area contributed by atoms with Crippen molar-refractivity contribution in [3.8, 4) is 5.75 Å². The monoisotopic (exact) mass is 358 g/mol. The summed E-state index contributed by atoms with van der Waals surface area (Å²) in [7, 11) is 2.15. The van der Waals surface area contributed by atoms with E-state index < -0.39 is 0 Å². The third-order valence-corrected chi connectivity index (χ3v) is 5.45. The van der Waals surface area contributed by atoms with Crippen LogP contribution >= 0.6 is 11.3 Å². The number of rotatable bonds is 7. The first-order valence-corrected chi connectivity index (χ1v) is 9.84. The van der Waals surface area contributed by atoms with Gasteiger partial charge >= 0.3 is 0 Å². The largest absolute Gasteiger partial charge is 0.490 e. The number of thiophene rings is 1. The van der Waals surface area contributed by atoms with Crippen LogP contribution in [0.2, 0.25) is 0 Å². The van der Waals surface area contributed by atoms with Crippen molar-refractivity contribution in [3.05, 3.63) is 46.7 Å². The predicted octanol–water partition coefficient (Wildman–Crippen LogP) is 4.18. The Morgan fingerprint density at radius 2 is 2.00 bits per heavy atom. The molecule has 1 aliphatic rings. The van der Waals surface area contributed by atoms with Crippen LogP contribution in [0.15, 0.2) is 41.8 Å². The average Bonchev–Trinajstić information content (AvgIpc) is 3.12. The van der Waals surface area contributed by atoms with E-state index in [0.29, 0.717) is 12.5 Å². The number of carbonyl (C=O) groups excluding carboxylic acids is 1. The van der Waals surface area contributed by atoms with Crippen LogP contribution in [-0.4, -0.2) is 37.0 Å². The van der Waals surface area contributed by atoms with Gasteiger partial charge in [-0.1, -0.05) is 6.07 Å². The number of benzene rings is 1. The molecule has 0 atom stereocenters. The van der Waals surface area contributed by atoms with Crippen LogP contribution in [0, 0.1) is 0 Å². The third-order valence-electron chi connectivity index (χ3n) is 4.51. The van der Waals surface area contributed by atoms with E-state index >= 15 is 0 Å². The molecule has 0 bridgehead atoms. The van der Waals surface area contributed by atoms with Gasteiger partial charge in [0.15, 0.2) is 0 Å². The predicted molar refractivity (Wildman–Crippen MR) is 103 cm³/mol. The summed E-state index contributed by atoms with van der Waals surface area (Å²) < 4.78 is 6.03. The summed E-state index contributed by atoms with van der Waals surface area (Å²) in [6.45, 7) is 2.18. The first-order chi connectivity index (χ1) is 12.2. The Morgan fingerprint density at radius 3 is 2.68 bits per heavy atom. The summed E-state index contributed by atoms with van der Waals surface area (Å²) in [6.07, 6.45) is 4.83. The first-order valence-electron chi connectivity index (χ1n) is 8.96. The maximum Gasteiger partial charge on any atom is 0.224 e. The fraction of sp³-hybridized carbons (Fsp3) is 0.450. The number of hydrogen-bond donors (Lipinski definition) is 1. The maximum absolute atomic E-state index is 12.0. The van der Waals surface area contributed by atoms with Crippen molar-refractivity contribution in [1.29, 1.82) is 0 Å². The molecule has 134 valence electrons. The van der Waals surface area contributed by atoms with Gasteiger partial charge in [-0.05, 0) is 68.4 Å². The fourth-order valence-electron chi connectivity index (χ4n) is 3.01. The number of nitrogens with zero attached hydrogens (tertiary/aromatic N) is 1. The summed E-state index contributed by atoms with van der Waals surface area (Å²) in [5.74, 6) is 0.950. The number of likely N-dealkylation sites (tertiary alicyclic amines) is 1. The lowest BCUT2D eigenvalue weighted by atomic mass is 10.1. The second kappa shape index (κ2) is 9.02. The van der Waals surface area contributed by atoms with E-state index in [-0.39, 0.29) is 5.91 Å². The molecule has 0 saturated carbocycles. The number of ether oxygens (including phenoxy) is 1. The Kier molecular flexibility index (Phi) is 6.48. The lowest BCUT2D eigenvalue weighted by Gasteiger charge is -2.29. The zero-order valence-electron chi connectivity index (χ0n) is 14.7. The summed E-state index contributed by atoms with van der Waals surface area (Å²) >= 11 is 1.75. The van der Waals surface area contributed by atoms with Gasteiger partial charge in [-0.25, -0.2) is 0 Å². The fourth-order valence-corrected chi connectivity index (χ4v) is 3.76. The van der Waals surface area contributed by atoms with Gasteiger partial charge in [0, 0.05) is 30.1 Å². The SMILES string of the molecule is CN1CCC(Oc2ccc(NC(=O)CCCc3cccs3)cc2)CC1. The van der Waals surface area contributed by atoms with Crippen LogP contribution in [0.25, 0.3) is 0 Å². The second-order valence-corrected chi connectivity index (χ2v) is 7.66. The Bertz CT molecular complexity index is 647. The van der Waals surface area contributed by atoms with Crippen molar-refractivity contribution in [2.24, 2.45) is 0 Å². The molecular weight excluding hydrogens is 332 g/mol. The number of hydrogen-bond acceptors (Lipinski definition) is 4. The molecule has 1 aromatic carbocycles. The molecule has 0 aliphatic carbocycles. The minimum absolute atomic E-state index is 0.0699. The minimum Gasteiger partial charge on any atom is -0.490 e. The molecule has 1 saturated heterocycles. The van der Waals surface area contributed by atoms with Crippen molar-refractivity contribution < 1.29 is 9.53 Å². The molecule has 1 amide bonds. The number of nitrogens with one attached hydrogen (secondary N) is 1. The van der Waals surface area contributed by atoms with Gasteiger partial charge in [-0.2, -0.15) is 0 Å². The highest BCUT2D eigenvalue weighted by Gasteiger charge is 2.17. The molecule has 0 unspecified atom stereocenters. The molecule has 5 heteroatoms. The topological polar surface area (TPSA) is 41.6 Å². The number of carbonyl (C=O) groups is 1. The Morgan fingerprint density at radius 1 is 1.24 bits per heavy atom. The van der Waals surface area contributed by atoms with Gasteiger partial charge in [-0.3, -0.25) is 4.79 Å². The van der Waals surface area contributed by atoms with E-state index in [1.165, 1.54) is 4.88 Å². The van der Waals surface area contributed by atoms with Crippen molar-refractivity contribution in [2.45, 2.75) is 38.2 Å². The normalized spacial score (nSPS) is 15.9. The molecule has 1 aliphatic heterocycles. The van der Waals surface area contributed by atoms with Gasteiger partial charge in [0.2, 0.25) is 5.91 Å². The maximum atomic E-state index is 12.0. The van der Waals surface area contributed by atoms with Crippen LogP contribution < -0.4 is 10.1 Å². The van der Waals surface area contributed by atoms with Gasteiger partial charge in [-0.15, -0.1) is 11.3 Å². The van der Waals surface area contributed by atoms with E-state index in [1.807, 2.05) is 24.3 Å². The van der Waals surface area contributed by atoms with E-state index in [9.17, 15) is 4.79 Å². The first kappa shape index (κ1) is 18.0. The number of piperidine rings is 1. The van der Waals surface area contributed by atoms with E-state index in [4.69, 9.17) is 4.74 Å². The molecule has 1 fully saturated rings. The summed E-state index contributed by atoms with van der Waals surface area (Å²) in [5.41, 5.74) is 0.830. The lowest BCUT2D eigenvalue weighted by molar-refractivity contribution is -0.116. The van der Waals surface area contributed by atoms with E-state index in [1.54, 1.807) is 11.3 Å². The standard InChI is InChI=1S/C20H26N2O2S/c1-22-13-11-18(12-14-22)24-17-9-7-16(8-10-17)21-20(23)6-2-4-19-5-3-15-25-19/h3,5,7-10,15,18H,2,4,6,11-14H2,1H3,(H,21,23). The van der Waals surface area contributed by atoms with Crippen molar-refractivity contribution in [3.63, 3.8) is 0 Å². The zero-order valence-corrected chi connectivity index (χ0v) is 15.6. The second-order valence-electron chi connectivity index (χ2n) is 6.63. The molecule has 25 heavy (non-hydrogen) atoms. The molecule has 1 N–H and O–H groups in total. The van der Waals surface area contributed by atoms with E-state index in [0.717, 1.165) is 50.2 Å². The summed E-state index contributed by atoms with van der Waals surface area (Å²) in [6, 6.07) is 11.9. The Hall–Kier alpha value is -1.85. The van der Waals surface area contributed by atoms with Crippen molar-refractivity contribution >= 4 is 22.9 Å². The molecule has 1 aromatic heterocycles. The van der Waals surface area contributed by atoms with Crippen LogP contribution in [0.1, 0.15) is 30.6 Å². The van der Waals surface area contributed by atoms with E-state index in [2.05, 4.69) is 34.8 Å². The van der Waals surface area contributed by atoms with Gasteiger partial charge in [0.1, 0.15) is 11.9 Å². The molecule has 0 radical (unpaired) electrons. The number of anilines is 1. The van der Waals surface area contributed by atoms with Gasteiger partial charge < -0.3 is 15.0 Å². The highest BCUT2D eigenvalue weighted by atomic mass is 32.1. The molecule has 3 rings (SSSR count). The highest BCUT2D eigenvalue weighted by Crippen LogP contribution is 2.21. The van der Waals surface area contributed by atoms with Crippen LogP contribution in [0.4, 0.5) is 5.69 Å². The van der Waals surface area contributed by atoms with Crippen LogP contribution in [0.3, 0.4) is 0 Å². The van der Waals surface area contributed by atoms with Gasteiger partial charge in [0.05, 0.1) is 0 Å². The Balaban J connectivity index is 1.40. The smallest absolute Gasteiger partial charge is 0.224 e. The van der Waals surface area contributed by atoms with Crippen molar-refractivity contribution in [1.82, 2.24) is 4.90 Å². The summed E-state index contributed by atoms with van der Waals surface area (Å²) in [4.78, 5) is 15.7. The van der Waals surface area contributed by atoms with Crippen LogP contribution in [-0.2, 0) is 11.2 Å².